The number of esters is 1. The summed E-state index contributed by atoms with van der Waals surface area (Å²) < 4.78 is 5.28. The first-order valence-corrected chi connectivity index (χ1v) is 8.22. The molecule has 0 N–H and O–H groups in total. The number of ether oxygens (including phenoxy) is 1. The van der Waals surface area contributed by atoms with Crippen LogP contribution in [0, 0.1) is 11.3 Å². The van der Waals surface area contributed by atoms with Crippen LogP contribution in [0.4, 0.5) is 0 Å². The summed E-state index contributed by atoms with van der Waals surface area (Å²) in [6.07, 6.45) is 7.70. The van der Waals surface area contributed by atoms with E-state index in [1.54, 1.807) is 24.3 Å². The monoisotopic (exact) mass is 319 g/mol. The van der Waals surface area contributed by atoms with E-state index in [1.807, 2.05) is 30.3 Å². The normalized spacial score (nSPS) is 10.5. The number of unbranched alkanes of at least 4 members (excludes halogenated alkanes) is 3. The van der Waals surface area contributed by atoms with E-state index in [1.165, 1.54) is 18.9 Å². The number of carbonyl (C=O) groups excluding carboxylic acids is 1. The second-order valence-electron chi connectivity index (χ2n) is 5.53. The van der Waals surface area contributed by atoms with Crippen LogP contribution in [-0.2, 0) is 4.79 Å². The van der Waals surface area contributed by atoms with Crippen LogP contribution in [0.5, 0.6) is 5.75 Å². The third-order valence-corrected chi connectivity index (χ3v) is 3.65. The van der Waals surface area contributed by atoms with Crippen molar-refractivity contribution in [2.75, 3.05) is 0 Å². The van der Waals surface area contributed by atoms with Gasteiger partial charge in [0.05, 0.1) is 11.6 Å². The first kappa shape index (κ1) is 17.5. The van der Waals surface area contributed by atoms with Crippen molar-refractivity contribution in [3.8, 4) is 22.9 Å². The fourth-order valence-electron chi connectivity index (χ4n) is 2.29. The molecule has 0 aliphatic rings. The lowest BCUT2D eigenvalue weighted by molar-refractivity contribution is -0.129. The molecule has 3 heteroatoms. The van der Waals surface area contributed by atoms with Crippen LogP contribution in [0.25, 0.3) is 11.1 Å². The minimum absolute atomic E-state index is 0.349. The van der Waals surface area contributed by atoms with Crippen molar-refractivity contribution in [2.45, 2.75) is 32.6 Å². The molecule has 0 aliphatic heterocycles. The molecule has 0 fully saturated rings. The molecule has 0 radical (unpaired) electrons. The number of nitrogens with zero attached hydrogens (tertiary/aromatic N) is 1. The lowest BCUT2D eigenvalue weighted by atomic mass is 10.0. The molecular formula is C21H21NO2. The van der Waals surface area contributed by atoms with Gasteiger partial charge in [-0.3, -0.25) is 0 Å². The van der Waals surface area contributed by atoms with Gasteiger partial charge in [0.1, 0.15) is 5.75 Å². The van der Waals surface area contributed by atoms with Crippen LogP contribution >= 0.6 is 0 Å². The van der Waals surface area contributed by atoms with E-state index < -0.39 is 0 Å². The van der Waals surface area contributed by atoms with Gasteiger partial charge in [-0.15, -0.1) is 0 Å². The van der Waals surface area contributed by atoms with Gasteiger partial charge in [0.25, 0.3) is 0 Å². The third kappa shape index (κ3) is 5.40. The molecule has 122 valence electrons. The van der Waals surface area contributed by atoms with Crippen LogP contribution in [-0.4, -0.2) is 5.97 Å². The maximum Gasteiger partial charge on any atom is 0.335 e. The van der Waals surface area contributed by atoms with E-state index in [0.717, 1.165) is 24.0 Å². The van der Waals surface area contributed by atoms with Gasteiger partial charge in [-0.1, -0.05) is 50.1 Å². The SMILES string of the molecule is CCCCC/C=C/C(=O)Oc1ccc(-c2ccc(C#N)cc2)cc1. The van der Waals surface area contributed by atoms with E-state index >= 15 is 0 Å². The molecule has 0 atom stereocenters. The molecule has 0 spiro atoms. The van der Waals surface area contributed by atoms with Gasteiger partial charge in [0.15, 0.2) is 0 Å². The van der Waals surface area contributed by atoms with Crippen molar-refractivity contribution < 1.29 is 9.53 Å². The van der Waals surface area contributed by atoms with Crippen molar-refractivity contribution in [1.82, 2.24) is 0 Å². The van der Waals surface area contributed by atoms with E-state index in [4.69, 9.17) is 10.00 Å². The number of allylic oxidation sites excluding steroid dienone is 1. The number of rotatable bonds is 7. The molecule has 3 nitrogen and oxygen atoms in total. The molecule has 0 saturated carbocycles. The number of benzene rings is 2. The Labute approximate surface area is 143 Å². The summed E-state index contributed by atoms with van der Waals surface area (Å²) in [5.74, 6) is 0.174. The maximum absolute atomic E-state index is 11.7. The molecule has 0 aliphatic carbocycles. The Morgan fingerprint density at radius 2 is 1.67 bits per heavy atom. The summed E-state index contributed by atoms with van der Waals surface area (Å²) in [7, 11) is 0. The minimum Gasteiger partial charge on any atom is -0.423 e. The van der Waals surface area contributed by atoms with E-state index in [-0.39, 0.29) is 5.97 Å². The fourth-order valence-corrected chi connectivity index (χ4v) is 2.29. The quantitative estimate of drug-likeness (QED) is 0.302. The minimum atomic E-state index is -0.349. The number of hydrogen-bond donors (Lipinski definition) is 0. The maximum atomic E-state index is 11.7. The Morgan fingerprint density at radius 1 is 1.04 bits per heavy atom. The average molecular weight is 319 g/mol. The first-order chi connectivity index (χ1) is 11.7. The summed E-state index contributed by atoms with van der Waals surface area (Å²) in [5, 5.41) is 8.82. The molecule has 0 amide bonds. The Kier molecular flexibility index (Phi) is 6.79. The largest absolute Gasteiger partial charge is 0.423 e. The first-order valence-electron chi connectivity index (χ1n) is 8.22. The number of nitriles is 1. The summed E-state index contributed by atoms with van der Waals surface area (Å²) in [4.78, 5) is 11.7. The molecular weight excluding hydrogens is 298 g/mol. The average Bonchev–Trinajstić information content (AvgIpc) is 2.62. The van der Waals surface area contributed by atoms with Gasteiger partial charge in [-0.25, -0.2) is 4.79 Å². The van der Waals surface area contributed by atoms with Crippen molar-refractivity contribution in [3.05, 3.63) is 66.2 Å². The molecule has 2 aromatic rings. The Balaban J connectivity index is 1.91. The van der Waals surface area contributed by atoms with E-state index in [2.05, 4.69) is 13.0 Å². The van der Waals surface area contributed by atoms with E-state index in [9.17, 15) is 4.79 Å². The smallest absolute Gasteiger partial charge is 0.335 e. The topological polar surface area (TPSA) is 50.1 Å². The van der Waals surface area contributed by atoms with Crippen molar-refractivity contribution in [3.63, 3.8) is 0 Å². The lowest BCUT2D eigenvalue weighted by Crippen LogP contribution is -2.03. The van der Waals surface area contributed by atoms with Crippen LogP contribution in [0.1, 0.15) is 38.2 Å². The molecule has 2 rings (SSSR count). The second kappa shape index (κ2) is 9.32. The molecule has 0 heterocycles. The standard InChI is InChI=1S/C21H21NO2/c1-2-3-4-5-6-7-21(23)24-20-14-12-19(13-15-20)18-10-8-17(16-22)9-11-18/h6-15H,2-5H2,1H3/b7-6+. The summed E-state index contributed by atoms with van der Waals surface area (Å²) in [5.41, 5.74) is 2.66. The zero-order valence-electron chi connectivity index (χ0n) is 13.9. The molecule has 0 unspecified atom stereocenters. The molecule has 2 aromatic carbocycles. The van der Waals surface area contributed by atoms with Gasteiger partial charge in [-0.05, 0) is 48.2 Å². The summed E-state index contributed by atoms with van der Waals surface area (Å²) >= 11 is 0. The van der Waals surface area contributed by atoms with Crippen LogP contribution in [0.3, 0.4) is 0 Å². The van der Waals surface area contributed by atoms with Gasteiger partial charge in [0.2, 0.25) is 0 Å². The highest BCUT2D eigenvalue weighted by Crippen LogP contribution is 2.22. The Bertz CT molecular complexity index is 722. The molecule has 0 bridgehead atoms. The predicted octanol–water partition coefficient (Wildman–Crippen LogP) is 5.27. The van der Waals surface area contributed by atoms with Gasteiger partial charge in [0, 0.05) is 6.08 Å². The third-order valence-electron chi connectivity index (χ3n) is 3.65. The number of hydrogen-bond acceptors (Lipinski definition) is 3. The van der Waals surface area contributed by atoms with Crippen LogP contribution in [0.2, 0.25) is 0 Å². The Hall–Kier alpha value is -2.86. The highest BCUT2D eigenvalue weighted by Gasteiger charge is 2.02. The van der Waals surface area contributed by atoms with Crippen molar-refractivity contribution in [1.29, 1.82) is 5.26 Å². The Morgan fingerprint density at radius 3 is 2.25 bits per heavy atom. The van der Waals surface area contributed by atoms with Crippen LogP contribution < -0.4 is 4.74 Å². The zero-order chi connectivity index (χ0) is 17.2. The molecule has 0 aromatic heterocycles. The second-order valence-corrected chi connectivity index (χ2v) is 5.53. The fraction of sp³-hybridized carbons (Fsp3) is 0.238. The van der Waals surface area contributed by atoms with Crippen molar-refractivity contribution in [2.24, 2.45) is 0 Å². The molecule has 24 heavy (non-hydrogen) atoms. The summed E-state index contributed by atoms with van der Waals surface area (Å²) in [6, 6.07) is 16.8. The van der Waals surface area contributed by atoms with Gasteiger partial charge >= 0.3 is 5.97 Å². The van der Waals surface area contributed by atoms with Gasteiger partial charge in [-0.2, -0.15) is 5.26 Å². The van der Waals surface area contributed by atoms with Crippen LogP contribution in [0.15, 0.2) is 60.7 Å². The number of carbonyl (C=O) groups is 1. The highest BCUT2D eigenvalue weighted by atomic mass is 16.5. The predicted molar refractivity (Wildman–Crippen MR) is 95.5 cm³/mol. The molecule has 0 saturated heterocycles. The van der Waals surface area contributed by atoms with E-state index in [0.29, 0.717) is 11.3 Å². The zero-order valence-corrected chi connectivity index (χ0v) is 13.9. The summed E-state index contributed by atoms with van der Waals surface area (Å²) in [6.45, 7) is 2.15. The van der Waals surface area contributed by atoms with Crippen molar-refractivity contribution >= 4 is 5.97 Å². The highest BCUT2D eigenvalue weighted by molar-refractivity contribution is 5.84. The van der Waals surface area contributed by atoms with Gasteiger partial charge < -0.3 is 4.74 Å². The lowest BCUT2D eigenvalue weighted by Gasteiger charge is -2.04.